The molecule has 11 heteroatoms. The fourth-order valence-corrected chi connectivity index (χ4v) is 7.46. The average molecular weight is 549 g/mol. The quantitative estimate of drug-likeness (QED) is 0.488. The van der Waals surface area contributed by atoms with Crippen LogP contribution in [-0.2, 0) is 11.8 Å². The molecule has 2 atom stereocenters. The van der Waals surface area contributed by atoms with Crippen molar-refractivity contribution in [2.24, 2.45) is 0 Å². The largest absolute Gasteiger partial charge is 0.490 e. The van der Waals surface area contributed by atoms with E-state index in [0.29, 0.717) is 34.0 Å². The SMILES string of the molecule is C[C@H]1CN(C)CCN1c1cc(OC2CCNCC2)cc(-c2noc(C3(C)CCCc4sc(N)c(C#N)c43)n2)n1. The fraction of sp³-hybridized carbons (Fsp3) is 0.571. The number of nitriles is 1. The van der Waals surface area contributed by atoms with Gasteiger partial charge in [0.1, 0.15) is 34.4 Å². The van der Waals surface area contributed by atoms with Gasteiger partial charge in [0.25, 0.3) is 0 Å². The molecule has 3 aliphatic rings. The summed E-state index contributed by atoms with van der Waals surface area (Å²) in [6.07, 6.45) is 4.78. The lowest BCUT2D eigenvalue weighted by Crippen LogP contribution is -2.50. The predicted molar refractivity (Wildman–Crippen MR) is 151 cm³/mol. The molecule has 2 saturated heterocycles. The summed E-state index contributed by atoms with van der Waals surface area (Å²) < 4.78 is 12.4. The number of pyridine rings is 1. The van der Waals surface area contributed by atoms with Crippen molar-refractivity contribution in [1.29, 1.82) is 5.26 Å². The van der Waals surface area contributed by atoms with Crippen molar-refractivity contribution in [1.82, 2.24) is 25.3 Å². The number of ether oxygens (including phenoxy) is 1. The predicted octanol–water partition coefficient (Wildman–Crippen LogP) is 3.56. The van der Waals surface area contributed by atoms with Crippen molar-refractivity contribution in [3.8, 4) is 23.3 Å². The van der Waals surface area contributed by atoms with Crippen molar-refractivity contribution in [2.45, 2.75) is 63.5 Å². The highest BCUT2D eigenvalue weighted by atomic mass is 32.1. The van der Waals surface area contributed by atoms with Gasteiger partial charge in [-0.2, -0.15) is 10.2 Å². The van der Waals surface area contributed by atoms with Crippen LogP contribution < -0.4 is 20.7 Å². The number of piperazine rings is 1. The number of nitrogen functional groups attached to an aromatic ring is 1. The molecule has 0 radical (unpaired) electrons. The lowest BCUT2D eigenvalue weighted by atomic mass is 9.72. The number of nitrogens with one attached hydrogen (secondary N) is 1. The highest BCUT2D eigenvalue weighted by Crippen LogP contribution is 2.48. The molecule has 1 aliphatic carbocycles. The van der Waals surface area contributed by atoms with E-state index in [4.69, 9.17) is 25.0 Å². The minimum atomic E-state index is -0.573. The summed E-state index contributed by atoms with van der Waals surface area (Å²) in [4.78, 5) is 15.7. The van der Waals surface area contributed by atoms with E-state index < -0.39 is 5.41 Å². The third-order valence-electron chi connectivity index (χ3n) is 8.38. The minimum absolute atomic E-state index is 0.160. The van der Waals surface area contributed by atoms with Crippen LogP contribution in [0.1, 0.15) is 61.4 Å². The molecule has 1 unspecified atom stereocenters. The lowest BCUT2D eigenvalue weighted by Gasteiger charge is -2.39. The first-order chi connectivity index (χ1) is 18.9. The van der Waals surface area contributed by atoms with Gasteiger partial charge >= 0.3 is 0 Å². The van der Waals surface area contributed by atoms with Crippen molar-refractivity contribution < 1.29 is 9.26 Å². The summed E-state index contributed by atoms with van der Waals surface area (Å²) in [5.74, 6) is 2.57. The van der Waals surface area contributed by atoms with Gasteiger partial charge in [0, 0.05) is 48.2 Å². The Bertz CT molecular complexity index is 1390. The number of nitrogens with zero attached hydrogens (tertiary/aromatic N) is 6. The van der Waals surface area contributed by atoms with Crippen LogP contribution in [0.3, 0.4) is 0 Å². The molecule has 0 saturated carbocycles. The van der Waals surface area contributed by atoms with Crippen molar-refractivity contribution in [3.63, 3.8) is 0 Å². The molecule has 3 aromatic heterocycles. The maximum atomic E-state index is 9.86. The monoisotopic (exact) mass is 548 g/mol. The maximum absolute atomic E-state index is 9.86. The van der Waals surface area contributed by atoms with Gasteiger partial charge in [-0.1, -0.05) is 5.16 Å². The summed E-state index contributed by atoms with van der Waals surface area (Å²) in [5.41, 5.74) is 7.76. The number of aryl methyl sites for hydroxylation is 1. The summed E-state index contributed by atoms with van der Waals surface area (Å²) >= 11 is 1.50. The number of anilines is 2. The van der Waals surface area contributed by atoms with E-state index in [1.165, 1.54) is 11.3 Å². The minimum Gasteiger partial charge on any atom is -0.490 e. The van der Waals surface area contributed by atoms with Gasteiger partial charge in [0.2, 0.25) is 11.7 Å². The molecule has 5 heterocycles. The van der Waals surface area contributed by atoms with Gasteiger partial charge < -0.3 is 30.1 Å². The first kappa shape index (κ1) is 26.0. The van der Waals surface area contributed by atoms with Gasteiger partial charge in [-0.25, -0.2) is 4.98 Å². The topological polar surface area (TPSA) is 129 Å². The van der Waals surface area contributed by atoms with E-state index >= 15 is 0 Å². The van der Waals surface area contributed by atoms with E-state index in [0.717, 1.165) is 86.8 Å². The molecule has 2 fully saturated rings. The van der Waals surface area contributed by atoms with Crippen molar-refractivity contribution in [3.05, 3.63) is 34.0 Å². The number of nitrogens with two attached hydrogens (primary N) is 1. The third kappa shape index (κ3) is 4.86. The van der Waals surface area contributed by atoms with Gasteiger partial charge in [-0.3, -0.25) is 0 Å². The molecule has 10 nitrogen and oxygen atoms in total. The first-order valence-electron chi connectivity index (χ1n) is 13.9. The normalized spacial score (nSPS) is 24.4. The van der Waals surface area contributed by atoms with Crippen LogP contribution >= 0.6 is 11.3 Å². The number of likely N-dealkylation sites (N-methyl/N-ethyl adjacent to an activating group) is 1. The number of rotatable bonds is 5. The molecule has 0 bridgehead atoms. The van der Waals surface area contributed by atoms with Crippen LogP contribution in [0.25, 0.3) is 11.5 Å². The van der Waals surface area contributed by atoms with Crippen molar-refractivity contribution in [2.75, 3.05) is 50.4 Å². The molecule has 6 rings (SSSR count). The molecular weight excluding hydrogens is 512 g/mol. The zero-order valence-electron chi connectivity index (χ0n) is 22.9. The summed E-state index contributed by atoms with van der Waals surface area (Å²) in [6.45, 7) is 9.04. The molecule has 2 aliphatic heterocycles. The lowest BCUT2D eigenvalue weighted by molar-refractivity contribution is 0.162. The fourth-order valence-electron chi connectivity index (χ4n) is 6.27. The standard InChI is InChI=1S/C28H36N8O2S/c1-17-16-35(3)11-12-36(17)23-14-19(37-18-6-9-31-10-7-18)13-21(32-23)26-33-27(38-34-26)28(2)8-4-5-22-24(28)20(15-29)25(30)39-22/h13-14,17-18,31H,4-12,16,30H2,1-3H3/t17-,28?/m0/s1. The molecule has 3 N–H and O–H groups in total. The Labute approximate surface area is 233 Å². The van der Waals surface area contributed by atoms with E-state index in [1.807, 2.05) is 6.07 Å². The van der Waals surface area contributed by atoms with Crippen LogP contribution in [0, 0.1) is 11.3 Å². The second kappa shape index (κ2) is 10.4. The van der Waals surface area contributed by atoms with Gasteiger partial charge in [0.15, 0.2) is 0 Å². The Balaban J connectivity index is 1.38. The number of hydrogen-bond acceptors (Lipinski definition) is 11. The van der Waals surface area contributed by atoms with E-state index in [9.17, 15) is 5.26 Å². The van der Waals surface area contributed by atoms with Gasteiger partial charge in [-0.05, 0) is 66.1 Å². The molecule has 0 aromatic carbocycles. The molecule has 0 spiro atoms. The van der Waals surface area contributed by atoms with E-state index in [1.54, 1.807) is 0 Å². The molecule has 0 amide bonds. The molecule has 206 valence electrons. The third-order valence-corrected chi connectivity index (χ3v) is 9.46. The van der Waals surface area contributed by atoms with Crippen LogP contribution in [0.2, 0.25) is 0 Å². The Morgan fingerprint density at radius 3 is 2.85 bits per heavy atom. The van der Waals surface area contributed by atoms with Gasteiger partial charge in [-0.15, -0.1) is 11.3 Å². The number of fused-ring (bicyclic) bond motifs is 1. The Morgan fingerprint density at radius 2 is 2.08 bits per heavy atom. The van der Waals surface area contributed by atoms with Crippen LogP contribution in [0.5, 0.6) is 5.75 Å². The second-order valence-corrected chi connectivity index (χ2v) is 12.4. The first-order valence-corrected chi connectivity index (χ1v) is 14.7. The molecule has 3 aromatic rings. The Hall–Kier alpha value is -3.20. The highest BCUT2D eigenvalue weighted by molar-refractivity contribution is 7.16. The van der Waals surface area contributed by atoms with E-state index in [-0.39, 0.29) is 6.10 Å². The number of aromatic nitrogens is 3. The maximum Gasteiger partial charge on any atom is 0.237 e. The second-order valence-electron chi connectivity index (χ2n) is 11.3. The van der Waals surface area contributed by atoms with Gasteiger partial charge in [0.05, 0.1) is 11.0 Å². The number of hydrogen-bond donors (Lipinski definition) is 2. The number of thiophene rings is 1. The Morgan fingerprint density at radius 1 is 1.26 bits per heavy atom. The van der Waals surface area contributed by atoms with Crippen LogP contribution in [0.15, 0.2) is 16.7 Å². The average Bonchev–Trinajstić information content (AvgIpc) is 3.55. The summed E-state index contributed by atoms with van der Waals surface area (Å²) in [7, 11) is 2.15. The summed E-state index contributed by atoms with van der Waals surface area (Å²) in [6, 6.07) is 6.61. The smallest absolute Gasteiger partial charge is 0.237 e. The zero-order valence-corrected chi connectivity index (χ0v) is 23.7. The van der Waals surface area contributed by atoms with E-state index in [2.05, 4.69) is 53.3 Å². The van der Waals surface area contributed by atoms with Crippen LogP contribution in [-0.4, -0.2) is 71.9 Å². The molecular formula is C28H36N8O2S. The highest BCUT2D eigenvalue weighted by Gasteiger charge is 2.43. The Kier molecular flexibility index (Phi) is 6.95. The number of piperidine rings is 1. The zero-order chi connectivity index (χ0) is 27.1. The van der Waals surface area contributed by atoms with Crippen LogP contribution in [0.4, 0.5) is 10.8 Å². The molecule has 39 heavy (non-hydrogen) atoms. The summed E-state index contributed by atoms with van der Waals surface area (Å²) in [5, 5.41) is 18.2. The van der Waals surface area contributed by atoms with Crippen molar-refractivity contribution >= 4 is 22.2 Å².